The van der Waals surface area contributed by atoms with Crippen LogP contribution in [0.1, 0.15) is 21.2 Å². The van der Waals surface area contributed by atoms with Crippen molar-refractivity contribution >= 4 is 28.7 Å². The fourth-order valence-corrected chi connectivity index (χ4v) is 2.46. The van der Waals surface area contributed by atoms with Gasteiger partial charge in [-0.15, -0.1) is 11.3 Å². The van der Waals surface area contributed by atoms with Gasteiger partial charge in [-0.3, -0.25) is 9.48 Å². The Bertz CT molecular complexity index is 590. The molecule has 19 heavy (non-hydrogen) atoms. The SMILES string of the molecule is Cc1nc(C(=O)c2c(Cl)cnn2CCN(C)C)cs1. The van der Waals surface area contributed by atoms with Gasteiger partial charge in [0.25, 0.3) is 0 Å². The van der Waals surface area contributed by atoms with Crippen LogP contribution in [0.25, 0.3) is 0 Å². The molecule has 0 spiro atoms. The van der Waals surface area contributed by atoms with E-state index in [0.717, 1.165) is 11.6 Å². The Morgan fingerprint density at radius 2 is 2.26 bits per heavy atom. The Hall–Kier alpha value is -1.24. The fraction of sp³-hybridized carbons (Fsp3) is 0.417. The average molecular weight is 299 g/mol. The van der Waals surface area contributed by atoms with Crippen molar-refractivity contribution in [2.24, 2.45) is 0 Å². The molecule has 0 aromatic carbocycles. The monoisotopic (exact) mass is 298 g/mol. The lowest BCUT2D eigenvalue weighted by Crippen LogP contribution is -2.21. The van der Waals surface area contributed by atoms with Crippen LogP contribution in [0.4, 0.5) is 0 Å². The zero-order valence-electron chi connectivity index (χ0n) is 11.1. The molecule has 0 aliphatic rings. The van der Waals surface area contributed by atoms with Crippen LogP contribution in [0.5, 0.6) is 0 Å². The van der Waals surface area contributed by atoms with E-state index in [9.17, 15) is 4.79 Å². The van der Waals surface area contributed by atoms with Crippen LogP contribution in [0.2, 0.25) is 5.02 Å². The van der Waals surface area contributed by atoms with Crippen molar-refractivity contribution in [3.05, 3.63) is 33.0 Å². The number of ketones is 1. The number of carbonyl (C=O) groups is 1. The molecule has 0 radical (unpaired) electrons. The lowest BCUT2D eigenvalue weighted by Gasteiger charge is -2.11. The van der Waals surface area contributed by atoms with Gasteiger partial charge in [0.1, 0.15) is 11.4 Å². The number of halogens is 1. The minimum atomic E-state index is -0.175. The van der Waals surface area contributed by atoms with Gasteiger partial charge in [0.2, 0.25) is 5.78 Å². The van der Waals surface area contributed by atoms with Crippen molar-refractivity contribution in [2.45, 2.75) is 13.5 Å². The van der Waals surface area contributed by atoms with Crippen molar-refractivity contribution < 1.29 is 4.79 Å². The van der Waals surface area contributed by atoms with Crippen LogP contribution in [-0.4, -0.2) is 46.1 Å². The van der Waals surface area contributed by atoms with Crippen molar-refractivity contribution in [1.82, 2.24) is 19.7 Å². The third-order valence-electron chi connectivity index (χ3n) is 2.62. The highest BCUT2D eigenvalue weighted by molar-refractivity contribution is 7.09. The lowest BCUT2D eigenvalue weighted by molar-refractivity contribution is 0.102. The minimum absolute atomic E-state index is 0.175. The number of likely N-dealkylation sites (N-methyl/N-ethyl adjacent to an activating group) is 1. The summed E-state index contributed by atoms with van der Waals surface area (Å²) in [5.41, 5.74) is 0.838. The molecule has 0 saturated heterocycles. The Balaban J connectivity index is 2.28. The number of rotatable bonds is 5. The molecule has 0 atom stereocenters. The topological polar surface area (TPSA) is 51.0 Å². The summed E-state index contributed by atoms with van der Waals surface area (Å²) in [5, 5.41) is 7.13. The van der Waals surface area contributed by atoms with E-state index in [2.05, 4.69) is 10.1 Å². The van der Waals surface area contributed by atoms with Crippen LogP contribution in [0.3, 0.4) is 0 Å². The predicted octanol–water partition coefficient (Wildman–Crippen LogP) is 2.09. The molecule has 0 bridgehead atoms. The third kappa shape index (κ3) is 3.20. The van der Waals surface area contributed by atoms with Crippen molar-refractivity contribution in [2.75, 3.05) is 20.6 Å². The zero-order valence-corrected chi connectivity index (χ0v) is 12.6. The van der Waals surface area contributed by atoms with Crippen molar-refractivity contribution in [3.63, 3.8) is 0 Å². The maximum absolute atomic E-state index is 12.4. The van der Waals surface area contributed by atoms with E-state index in [0.29, 0.717) is 23.0 Å². The summed E-state index contributed by atoms with van der Waals surface area (Å²) in [5.74, 6) is -0.175. The normalized spacial score (nSPS) is 11.2. The highest BCUT2D eigenvalue weighted by Crippen LogP contribution is 2.20. The van der Waals surface area contributed by atoms with Gasteiger partial charge < -0.3 is 4.90 Å². The summed E-state index contributed by atoms with van der Waals surface area (Å²) in [6.07, 6.45) is 1.50. The van der Waals surface area contributed by atoms with Crippen LogP contribution in [0, 0.1) is 6.92 Å². The molecule has 0 fully saturated rings. The first-order valence-electron chi connectivity index (χ1n) is 5.82. The summed E-state index contributed by atoms with van der Waals surface area (Å²) in [6.45, 7) is 3.27. The Morgan fingerprint density at radius 3 is 2.84 bits per heavy atom. The average Bonchev–Trinajstić information content (AvgIpc) is 2.92. The predicted molar refractivity (Wildman–Crippen MR) is 76.1 cm³/mol. The van der Waals surface area contributed by atoms with Gasteiger partial charge in [-0.05, 0) is 21.0 Å². The number of carbonyl (C=O) groups excluding carboxylic acids is 1. The molecule has 5 nitrogen and oxygen atoms in total. The summed E-state index contributed by atoms with van der Waals surface area (Å²) in [7, 11) is 3.94. The summed E-state index contributed by atoms with van der Waals surface area (Å²) in [6, 6.07) is 0. The summed E-state index contributed by atoms with van der Waals surface area (Å²) >= 11 is 7.52. The van der Waals surface area contributed by atoms with Gasteiger partial charge in [0.15, 0.2) is 0 Å². The van der Waals surface area contributed by atoms with Crippen LogP contribution in [-0.2, 0) is 6.54 Å². The molecule has 2 aromatic rings. The van der Waals surface area contributed by atoms with E-state index in [1.807, 2.05) is 25.9 Å². The van der Waals surface area contributed by atoms with Gasteiger partial charge in [0, 0.05) is 11.9 Å². The molecule has 0 saturated carbocycles. The standard InChI is InChI=1S/C12H15ClN4OS/c1-8-15-10(7-19-8)12(18)11-9(13)6-14-17(11)5-4-16(2)3/h6-7H,4-5H2,1-3H3. The number of hydrogen-bond acceptors (Lipinski definition) is 5. The molecular weight excluding hydrogens is 284 g/mol. The highest BCUT2D eigenvalue weighted by Gasteiger charge is 2.21. The molecule has 7 heteroatoms. The largest absolute Gasteiger partial charge is 0.308 e. The minimum Gasteiger partial charge on any atom is -0.308 e. The zero-order chi connectivity index (χ0) is 14.0. The van der Waals surface area contributed by atoms with Crippen LogP contribution in [0.15, 0.2) is 11.6 Å². The number of aromatic nitrogens is 3. The van der Waals surface area contributed by atoms with E-state index in [1.54, 1.807) is 10.1 Å². The molecule has 0 amide bonds. The Labute approximate surface area is 120 Å². The number of aryl methyl sites for hydroxylation is 1. The van der Waals surface area contributed by atoms with Gasteiger partial charge >= 0.3 is 0 Å². The Morgan fingerprint density at radius 1 is 1.53 bits per heavy atom. The first kappa shape index (κ1) is 14.2. The van der Waals surface area contributed by atoms with Gasteiger partial charge in [-0.25, -0.2) is 4.98 Å². The molecular formula is C12H15ClN4OS. The summed E-state index contributed by atoms with van der Waals surface area (Å²) in [4.78, 5) is 18.6. The second-order valence-corrected chi connectivity index (χ2v) is 5.92. The highest BCUT2D eigenvalue weighted by atomic mass is 35.5. The second-order valence-electron chi connectivity index (χ2n) is 4.45. The molecule has 102 valence electrons. The number of hydrogen-bond donors (Lipinski definition) is 0. The van der Waals surface area contributed by atoms with Gasteiger partial charge in [-0.2, -0.15) is 5.10 Å². The first-order valence-corrected chi connectivity index (χ1v) is 7.07. The molecule has 0 unspecified atom stereocenters. The maximum atomic E-state index is 12.4. The van der Waals surface area contributed by atoms with E-state index >= 15 is 0 Å². The third-order valence-corrected chi connectivity index (χ3v) is 3.67. The van der Waals surface area contributed by atoms with E-state index < -0.39 is 0 Å². The molecule has 2 rings (SSSR count). The molecule has 0 N–H and O–H groups in total. The second kappa shape index (κ2) is 5.81. The number of thiazole rings is 1. The fourth-order valence-electron chi connectivity index (χ4n) is 1.64. The van der Waals surface area contributed by atoms with Gasteiger partial charge in [0.05, 0.1) is 22.8 Å². The van der Waals surface area contributed by atoms with E-state index in [4.69, 9.17) is 11.6 Å². The Kier molecular flexibility index (Phi) is 4.34. The van der Waals surface area contributed by atoms with E-state index in [-0.39, 0.29) is 5.78 Å². The van der Waals surface area contributed by atoms with E-state index in [1.165, 1.54) is 17.5 Å². The molecule has 0 aliphatic heterocycles. The van der Waals surface area contributed by atoms with Crippen molar-refractivity contribution in [1.29, 1.82) is 0 Å². The lowest BCUT2D eigenvalue weighted by atomic mass is 10.2. The first-order chi connectivity index (χ1) is 8.99. The maximum Gasteiger partial charge on any atom is 0.231 e. The van der Waals surface area contributed by atoms with Gasteiger partial charge in [-0.1, -0.05) is 11.6 Å². The smallest absolute Gasteiger partial charge is 0.231 e. The van der Waals surface area contributed by atoms with Crippen LogP contribution >= 0.6 is 22.9 Å². The molecule has 2 aromatic heterocycles. The molecule has 2 heterocycles. The molecule has 0 aliphatic carbocycles. The van der Waals surface area contributed by atoms with Crippen LogP contribution < -0.4 is 0 Å². The quantitative estimate of drug-likeness (QED) is 0.793. The van der Waals surface area contributed by atoms with Crippen molar-refractivity contribution in [3.8, 4) is 0 Å². The number of nitrogens with zero attached hydrogens (tertiary/aromatic N) is 4. The summed E-state index contributed by atoms with van der Waals surface area (Å²) < 4.78 is 1.64.